The van der Waals surface area contributed by atoms with E-state index < -0.39 is 22.5 Å². The molecule has 0 bridgehead atoms. The highest BCUT2D eigenvalue weighted by molar-refractivity contribution is 5.98. The second-order valence-electron chi connectivity index (χ2n) is 4.09. The molecule has 0 aliphatic heterocycles. The maximum Gasteiger partial charge on any atom is 0.335 e. The Morgan fingerprint density at radius 2 is 2.00 bits per heavy atom. The smallest absolute Gasteiger partial charge is 0.335 e. The van der Waals surface area contributed by atoms with E-state index in [-0.39, 0.29) is 23.8 Å². The predicted molar refractivity (Wildman–Crippen MR) is 68.9 cm³/mol. The van der Waals surface area contributed by atoms with E-state index in [2.05, 4.69) is 5.32 Å². The molecule has 1 amide bonds. The van der Waals surface area contributed by atoms with Crippen molar-refractivity contribution in [2.24, 2.45) is 0 Å². The lowest BCUT2D eigenvalue weighted by atomic mass is 10.1. The first-order chi connectivity index (χ1) is 9.35. The number of nitrogens with one attached hydrogen (secondary N) is 1. The molecule has 1 rings (SSSR count). The second kappa shape index (κ2) is 6.62. The van der Waals surface area contributed by atoms with E-state index in [1.807, 2.05) is 0 Å². The van der Waals surface area contributed by atoms with Crippen LogP contribution in [0.25, 0.3) is 0 Å². The molecule has 1 atom stereocenters. The number of hydrogen-bond acceptors (Lipinski definition) is 5. The Morgan fingerprint density at radius 1 is 1.40 bits per heavy atom. The molecule has 0 aliphatic rings. The molecule has 1 aromatic rings. The number of nitrogens with zero attached hydrogens (tertiary/aromatic N) is 1. The first kappa shape index (κ1) is 15.6. The molecule has 0 fully saturated rings. The zero-order valence-corrected chi connectivity index (χ0v) is 11.0. The molecular formula is C12H14N2O6. The van der Waals surface area contributed by atoms with Gasteiger partial charge in [0.1, 0.15) is 0 Å². The number of nitro benzene ring substituents is 1. The van der Waals surface area contributed by atoms with Crippen molar-refractivity contribution in [2.75, 3.05) is 13.7 Å². The summed E-state index contributed by atoms with van der Waals surface area (Å²) in [5, 5.41) is 22.1. The molecule has 0 aromatic heterocycles. The Bertz CT molecular complexity index is 510. The number of amides is 1. The summed E-state index contributed by atoms with van der Waals surface area (Å²) in [5.74, 6) is -1.94. The summed E-state index contributed by atoms with van der Waals surface area (Å²) >= 11 is 0. The second-order valence-corrected chi connectivity index (χ2v) is 4.09. The predicted octanol–water partition coefficient (Wildman–Crippen LogP) is 1.06. The van der Waals surface area contributed by atoms with E-state index in [0.717, 1.165) is 18.2 Å². The number of carbonyl (C=O) groups excluding carboxylic acids is 1. The van der Waals surface area contributed by atoms with Crippen molar-refractivity contribution in [3.8, 4) is 0 Å². The third-order valence-corrected chi connectivity index (χ3v) is 2.59. The van der Waals surface area contributed by atoms with Gasteiger partial charge in [0.2, 0.25) is 0 Å². The summed E-state index contributed by atoms with van der Waals surface area (Å²) in [6.45, 7) is 1.94. The molecule has 0 saturated carbocycles. The Morgan fingerprint density at radius 3 is 2.50 bits per heavy atom. The van der Waals surface area contributed by atoms with Crippen molar-refractivity contribution < 1.29 is 24.4 Å². The highest BCUT2D eigenvalue weighted by Gasteiger charge is 2.17. The number of carboxylic acid groups (broad SMARTS) is 1. The average Bonchev–Trinajstić information content (AvgIpc) is 2.43. The zero-order valence-electron chi connectivity index (χ0n) is 11.0. The summed E-state index contributed by atoms with van der Waals surface area (Å²) < 4.78 is 4.94. The lowest BCUT2D eigenvalue weighted by Crippen LogP contribution is -2.31. The van der Waals surface area contributed by atoms with Gasteiger partial charge in [-0.1, -0.05) is 0 Å². The van der Waals surface area contributed by atoms with Crippen LogP contribution in [0.2, 0.25) is 0 Å². The zero-order chi connectivity index (χ0) is 15.3. The van der Waals surface area contributed by atoms with Crippen LogP contribution >= 0.6 is 0 Å². The standard InChI is InChI=1S/C12H14N2O6/c1-7(20-2)6-13-11(15)8-3-9(12(16)17)5-10(4-8)14(18)19/h3-5,7H,6H2,1-2H3,(H,13,15)(H,16,17). The van der Waals surface area contributed by atoms with E-state index >= 15 is 0 Å². The molecule has 20 heavy (non-hydrogen) atoms. The molecule has 108 valence electrons. The van der Waals surface area contributed by atoms with Crippen molar-refractivity contribution in [1.29, 1.82) is 0 Å². The first-order valence-corrected chi connectivity index (χ1v) is 5.69. The van der Waals surface area contributed by atoms with E-state index in [1.165, 1.54) is 7.11 Å². The molecule has 1 unspecified atom stereocenters. The fourth-order valence-electron chi connectivity index (χ4n) is 1.39. The van der Waals surface area contributed by atoms with Gasteiger partial charge in [-0.05, 0) is 13.0 Å². The molecule has 0 heterocycles. The van der Waals surface area contributed by atoms with E-state index in [4.69, 9.17) is 9.84 Å². The van der Waals surface area contributed by atoms with Gasteiger partial charge < -0.3 is 15.2 Å². The number of non-ortho nitro benzene ring substituents is 1. The quantitative estimate of drug-likeness (QED) is 0.594. The van der Waals surface area contributed by atoms with Gasteiger partial charge in [-0.15, -0.1) is 0 Å². The number of aromatic carboxylic acids is 1. The van der Waals surface area contributed by atoms with Crippen molar-refractivity contribution in [1.82, 2.24) is 5.32 Å². The summed E-state index contributed by atoms with van der Waals surface area (Å²) in [7, 11) is 1.48. The van der Waals surface area contributed by atoms with Gasteiger partial charge in [-0.2, -0.15) is 0 Å². The van der Waals surface area contributed by atoms with Crippen LogP contribution in [0, 0.1) is 10.1 Å². The number of nitro groups is 1. The van der Waals surface area contributed by atoms with Crippen LogP contribution in [0.5, 0.6) is 0 Å². The van der Waals surface area contributed by atoms with Gasteiger partial charge in [0.05, 0.1) is 16.6 Å². The maximum absolute atomic E-state index is 11.8. The van der Waals surface area contributed by atoms with Gasteiger partial charge in [-0.25, -0.2) is 4.79 Å². The summed E-state index contributed by atoms with van der Waals surface area (Å²) in [6.07, 6.45) is -0.225. The van der Waals surface area contributed by atoms with Crippen LogP contribution in [0.3, 0.4) is 0 Å². The van der Waals surface area contributed by atoms with Crippen LogP contribution < -0.4 is 5.32 Å². The van der Waals surface area contributed by atoms with Crippen molar-refractivity contribution in [3.05, 3.63) is 39.4 Å². The summed E-state index contributed by atoms with van der Waals surface area (Å²) in [6, 6.07) is 3.01. The minimum absolute atomic E-state index is 0.0834. The minimum Gasteiger partial charge on any atom is -0.478 e. The Hall–Kier alpha value is -2.48. The largest absolute Gasteiger partial charge is 0.478 e. The van der Waals surface area contributed by atoms with Crippen LogP contribution in [0.4, 0.5) is 5.69 Å². The number of rotatable bonds is 6. The molecule has 0 spiro atoms. The number of ether oxygens (including phenoxy) is 1. The Kier molecular flexibility index (Phi) is 5.15. The van der Waals surface area contributed by atoms with Crippen LogP contribution in [-0.4, -0.2) is 41.7 Å². The lowest BCUT2D eigenvalue weighted by molar-refractivity contribution is -0.384. The van der Waals surface area contributed by atoms with Gasteiger partial charge in [0.25, 0.3) is 11.6 Å². The first-order valence-electron chi connectivity index (χ1n) is 5.69. The molecule has 8 nitrogen and oxygen atoms in total. The van der Waals surface area contributed by atoms with Gasteiger partial charge in [-0.3, -0.25) is 14.9 Å². The van der Waals surface area contributed by atoms with E-state index in [9.17, 15) is 19.7 Å². The van der Waals surface area contributed by atoms with Gasteiger partial charge >= 0.3 is 5.97 Å². The van der Waals surface area contributed by atoms with Crippen LogP contribution in [0.1, 0.15) is 27.6 Å². The summed E-state index contributed by atoms with van der Waals surface area (Å²) in [4.78, 5) is 32.7. The number of benzene rings is 1. The third-order valence-electron chi connectivity index (χ3n) is 2.59. The molecule has 2 N–H and O–H groups in total. The number of carboxylic acids is 1. The maximum atomic E-state index is 11.8. The molecular weight excluding hydrogens is 268 g/mol. The fraction of sp³-hybridized carbons (Fsp3) is 0.333. The Labute approximate surface area is 114 Å². The number of carbonyl (C=O) groups is 2. The molecule has 8 heteroatoms. The van der Waals surface area contributed by atoms with E-state index in [0.29, 0.717) is 0 Å². The Balaban J connectivity index is 3.01. The molecule has 0 radical (unpaired) electrons. The van der Waals surface area contributed by atoms with Crippen LogP contribution in [-0.2, 0) is 4.74 Å². The molecule has 1 aromatic carbocycles. The van der Waals surface area contributed by atoms with Crippen molar-refractivity contribution in [2.45, 2.75) is 13.0 Å². The SMILES string of the molecule is COC(C)CNC(=O)c1cc(C(=O)O)cc([N+](=O)[O-])c1. The van der Waals surface area contributed by atoms with Crippen molar-refractivity contribution >= 4 is 17.6 Å². The number of hydrogen-bond donors (Lipinski definition) is 2. The fourth-order valence-corrected chi connectivity index (χ4v) is 1.39. The highest BCUT2D eigenvalue weighted by atomic mass is 16.6. The van der Waals surface area contributed by atoms with Crippen molar-refractivity contribution in [3.63, 3.8) is 0 Å². The highest BCUT2D eigenvalue weighted by Crippen LogP contribution is 2.17. The average molecular weight is 282 g/mol. The third kappa shape index (κ3) is 4.02. The summed E-state index contributed by atoms with van der Waals surface area (Å²) in [5.41, 5.74) is -0.848. The van der Waals surface area contributed by atoms with E-state index in [1.54, 1.807) is 6.92 Å². The topological polar surface area (TPSA) is 119 Å². The molecule has 0 aliphatic carbocycles. The lowest BCUT2D eigenvalue weighted by Gasteiger charge is -2.11. The minimum atomic E-state index is -1.34. The normalized spacial score (nSPS) is 11.7. The monoisotopic (exact) mass is 282 g/mol. The number of methoxy groups -OCH3 is 1. The van der Waals surface area contributed by atoms with Crippen LogP contribution in [0.15, 0.2) is 18.2 Å². The molecule has 0 saturated heterocycles. The van der Waals surface area contributed by atoms with Gasteiger partial charge in [0, 0.05) is 31.4 Å². The van der Waals surface area contributed by atoms with Gasteiger partial charge in [0.15, 0.2) is 0 Å².